The number of aryl methyl sites for hydroxylation is 6. The molecule has 1 heteroatoms. The van der Waals surface area contributed by atoms with Crippen molar-refractivity contribution < 1.29 is 0 Å². The summed E-state index contributed by atoms with van der Waals surface area (Å²) in [5.41, 5.74) is 19.7. The van der Waals surface area contributed by atoms with E-state index in [9.17, 15) is 0 Å². The first kappa shape index (κ1) is 31.9. The van der Waals surface area contributed by atoms with Crippen molar-refractivity contribution in [1.29, 1.82) is 0 Å². The third-order valence-electron chi connectivity index (χ3n) is 12.0. The Balaban J connectivity index is 1.53. The van der Waals surface area contributed by atoms with Gasteiger partial charge >= 0.3 is 0 Å². The van der Waals surface area contributed by atoms with Gasteiger partial charge in [-0.2, -0.15) is 0 Å². The Hall–Kier alpha value is -4.10. The van der Waals surface area contributed by atoms with Crippen molar-refractivity contribution in [2.45, 2.75) is 93.9 Å². The smallest absolute Gasteiger partial charge is 0.0464 e. The number of rotatable bonds is 5. The molecule has 1 aliphatic carbocycles. The summed E-state index contributed by atoms with van der Waals surface area (Å²) in [5.74, 6) is 0. The van der Waals surface area contributed by atoms with Crippen LogP contribution in [0.2, 0.25) is 0 Å². The summed E-state index contributed by atoms with van der Waals surface area (Å²) >= 11 is 0. The number of nitrogens with zero attached hydrogens (tertiary/aromatic N) is 1. The second kappa shape index (κ2) is 11.0. The van der Waals surface area contributed by atoms with E-state index >= 15 is 0 Å². The van der Waals surface area contributed by atoms with Crippen molar-refractivity contribution in [3.8, 4) is 22.3 Å². The van der Waals surface area contributed by atoms with E-state index in [1.165, 1.54) is 83.8 Å². The van der Waals surface area contributed by atoms with E-state index in [0.717, 1.165) is 0 Å². The van der Waals surface area contributed by atoms with Crippen LogP contribution < -0.4 is 4.90 Å². The van der Waals surface area contributed by atoms with Crippen LogP contribution in [0.4, 0.5) is 17.1 Å². The van der Waals surface area contributed by atoms with E-state index in [0.29, 0.717) is 0 Å². The Morgan fingerprint density at radius 1 is 0.370 bits per heavy atom. The molecule has 46 heavy (non-hydrogen) atoms. The minimum absolute atomic E-state index is 0.0268. The maximum absolute atomic E-state index is 2.48. The van der Waals surface area contributed by atoms with Gasteiger partial charge in [0, 0.05) is 17.1 Å². The first-order valence-corrected chi connectivity index (χ1v) is 16.9. The number of hydrogen-bond acceptors (Lipinski definition) is 1. The minimum Gasteiger partial charge on any atom is -0.310 e. The van der Waals surface area contributed by atoms with E-state index in [1.54, 1.807) is 0 Å². The van der Waals surface area contributed by atoms with Gasteiger partial charge in [-0.1, -0.05) is 107 Å². The van der Waals surface area contributed by atoms with Crippen LogP contribution >= 0.6 is 0 Å². The monoisotopic (exact) mass is 605 g/mol. The van der Waals surface area contributed by atoms with Gasteiger partial charge < -0.3 is 4.90 Å². The maximum atomic E-state index is 2.48. The average Bonchev–Trinajstić information content (AvgIpc) is 3.08. The highest BCUT2D eigenvalue weighted by molar-refractivity contribution is 5.83. The van der Waals surface area contributed by atoms with E-state index < -0.39 is 0 Å². The van der Waals surface area contributed by atoms with Crippen molar-refractivity contribution in [1.82, 2.24) is 0 Å². The van der Waals surface area contributed by atoms with E-state index in [1.807, 2.05) is 0 Å². The normalized spacial score (nSPS) is 15.9. The molecule has 0 heterocycles. The molecule has 0 fully saturated rings. The first-order valence-electron chi connectivity index (χ1n) is 16.9. The molecule has 0 amide bonds. The van der Waals surface area contributed by atoms with E-state index in [4.69, 9.17) is 0 Å². The molecule has 0 saturated carbocycles. The number of hydrogen-bond donors (Lipinski definition) is 0. The lowest BCUT2D eigenvalue weighted by atomic mass is 9.59. The standard InChI is InChI=1S/C45H51N/c1-28-13-18-37(30(3)23-28)39-20-15-34(25-32(39)5)46(35-16-21-40(33(6)26-35)38-19-14-29(2)24-31(38)4)36-17-22-41-42(27-36)44(9,10)45(11,12)43(41,7)8/h13-27H,1-12H3. The van der Waals surface area contributed by atoms with E-state index in [2.05, 4.69) is 179 Å². The van der Waals surface area contributed by atoms with E-state index in [-0.39, 0.29) is 16.2 Å². The first-order chi connectivity index (χ1) is 21.5. The third-order valence-corrected chi connectivity index (χ3v) is 12.0. The third kappa shape index (κ3) is 4.91. The largest absolute Gasteiger partial charge is 0.310 e. The fraction of sp³-hybridized carbons (Fsp3) is 0.333. The molecule has 6 rings (SSSR count). The SMILES string of the molecule is Cc1ccc(-c2ccc(N(c3ccc(-c4ccc(C)cc4C)c(C)c3)c3ccc4c(c3)C(C)(C)C(C)(C)C4(C)C)cc2C)c(C)c1. The van der Waals surface area contributed by atoms with Gasteiger partial charge in [-0.25, -0.2) is 0 Å². The molecule has 5 aromatic carbocycles. The van der Waals surface area contributed by atoms with Crippen LogP contribution in [0.3, 0.4) is 0 Å². The lowest BCUT2D eigenvalue weighted by molar-refractivity contribution is 0.125. The number of anilines is 3. The summed E-state index contributed by atoms with van der Waals surface area (Å²) in [5, 5.41) is 0. The van der Waals surface area contributed by atoms with Gasteiger partial charge in [0.05, 0.1) is 0 Å². The molecule has 0 bridgehead atoms. The van der Waals surface area contributed by atoms with Crippen LogP contribution in [0.1, 0.15) is 86.1 Å². The van der Waals surface area contributed by atoms with Crippen LogP contribution in [0.5, 0.6) is 0 Å². The average molecular weight is 606 g/mol. The van der Waals surface area contributed by atoms with Gasteiger partial charge in [0.2, 0.25) is 0 Å². The summed E-state index contributed by atoms with van der Waals surface area (Å²) in [6.45, 7) is 27.9. The Kier molecular flexibility index (Phi) is 7.63. The zero-order valence-electron chi connectivity index (χ0n) is 30.1. The Morgan fingerprint density at radius 2 is 0.717 bits per heavy atom. The lowest BCUT2D eigenvalue weighted by Crippen LogP contribution is -2.42. The lowest BCUT2D eigenvalue weighted by Gasteiger charge is -2.44. The molecule has 236 valence electrons. The molecule has 0 unspecified atom stereocenters. The molecule has 0 atom stereocenters. The molecule has 0 spiro atoms. The van der Waals surface area contributed by atoms with Crippen molar-refractivity contribution in [2.75, 3.05) is 4.90 Å². The molecule has 0 N–H and O–H groups in total. The van der Waals surface area contributed by atoms with Gasteiger partial charge in [0.1, 0.15) is 0 Å². The summed E-state index contributed by atoms with van der Waals surface area (Å²) in [6, 6.07) is 34.8. The van der Waals surface area contributed by atoms with Gasteiger partial charge in [-0.15, -0.1) is 0 Å². The van der Waals surface area contributed by atoms with Crippen molar-refractivity contribution in [2.24, 2.45) is 5.41 Å². The summed E-state index contributed by atoms with van der Waals surface area (Å²) in [4.78, 5) is 2.46. The van der Waals surface area contributed by atoms with Crippen LogP contribution in [0, 0.1) is 47.0 Å². The summed E-state index contributed by atoms with van der Waals surface area (Å²) < 4.78 is 0. The Bertz CT molecular complexity index is 1880. The molecular weight excluding hydrogens is 555 g/mol. The van der Waals surface area contributed by atoms with Crippen molar-refractivity contribution >= 4 is 17.1 Å². The van der Waals surface area contributed by atoms with Crippen LogP contribution in [0.25, 0.3) is 22.3 Å². The molecule has 1 nitrogen and oxygen atoms in total. The predicted octanol–water partition coefficient (Wildman–Crippen LogP) is 12.9. The van der Waals surface area contributed by atoms with Gasteiger partial charge in [0.15, 0.2) is 0 Å². The van der Waals surface area contributed by atoms with Gasteiger partial charge in [-0.3, -0.25) is 0 Å². The molecule has 0 aliphatic heterocycles. The topological polar surface area (TPSA) is 3.24 Å². The second-order valence-electron chi connectivity index (χ2n) is 15.6. The number of benzene rings is 5. The highest BCUT2D eigenvalue weighted by Crippen LogP contribution is 2.62. The predicted molar refractivity (Wildman–Crippen MR) is 200 cm³/mol. The van der Waals surface area contributed by atoms with Crippen LogP contribution in [-0.2, 0) is 10.8 Å². The Labute approximate surface area is 278 Å². The quantitative estimate of drug-likeness (QED) is 0.193. The highest BCUT2D eigenvalue weighted by Gasteiger charge is 2.56. The van der Waals surface area contributed by atoms with Gasteiger partial charge in [0.25, 0.3) is 0 Å². The molecule has 0 aromatic heterocycles. The van der Waals surface area contributed by atoms with Crippen molar-refractivity contribution in [3.05, 3.63) is 136 Å². The molecule has 1 aliphatic rings. The number of fused-ring (bicyclic) bond motifs is 1. The van der Waals surface area contributed by atoms with Crippen LogP contribution in [-0.4, -0.2) is 0 Å². The van der Waals surface area contributed by atoms with Crippen LogP contribution in [0.15, 0.2) is 91.0 Å². The molecule has 0 radical (unpaired) electrons. The molecule has 0 saturated heterocycles. The van der Waals surface area contributed by atoms with Gasteiger partial charge in [-0.05, 0) is 150 Å². The zero-order valence-corrected chi connectivity index (χ0v) is 30.1. The molecule has 5 aromatic rings. The molecular formula is C45H51N. The fourth-order valence-corrected chi connectivity index (χ4v) is 8.05. The zero-order chi connectivity index (χ0) is 33.3. The minimum atomic E-state index is 0.0268. The fourth-order valence-electron chi connectivity index (χ4n) is 8.05. The Morgan fingerprint density at radius 3 is 1.13 bits per heavy atom. The second-order valence-corrected chi connectivity index (χ2v) is 15.6. The van der Waals surface area contributed by atoms with Crippen molar-refractivity contribution in [3.63, 3.8) is 0 Å². The summed E-state index contributed by atoms with van der Waals surface area (Å²) in [6.07, 6.45) is 0. The summed E-state index contributed by atoms with van der Waals surface area (Å²) in [7, 11) is 0. The highest BCUT2D eigenvalue weighted by atomic mass is 15.1. The maximum Gasteiger partial charge on any atom is 0.0464 e.